The summed E-state index contributed by atoms with van der Waals surface area (Å²) < 4.78 is 0. The van der Waals surface area contributed by atoms with E-state index in [1.165, 1.54) is 25.6 Å². The Morgan fingerprint density at radius 3 is 2.62 bits per heavy atom. The van der Waals surface area contributed by atoms with Crippen LogP contribution in [0.15, 0.2) is 12.5 Å². The van der Waals surface area contributed by atoms with Gasteiger partial charge in [0.15, 0.2) is 5.82 Å². The lowest BCUT2D eigenvalue weighted by atomic mass is 9.94. The zero-order valence-corrected chi connectivity index (χ0v) is 15.1. The number of likely N-dealkylation sites (N-methyl/N-ethyl adjacent to an activating group) is 1. The molecule has 1 aliphatic heterocycles. The Hall–Kier alpha value is -1.40. The average molecular weight is 352 g/mol. The number of rotatable bonds is 4. The van der Waals surface area contributed by atoms with E-state index in [-0.39, 0.29) is 5.91 Å². The summed E-state index contributed by atoms with van der Waals surface area (Å²) in [6.45, 7) is 3.88. The molecule has 3 rings (SSSR count). The van der Waals surface area contributed by atoms with E-state index < -0.39 is 0 Å². The Balaban J connectivity index is 1.48. The minimum atomic E-state index is 0.246. The molecule has 0 atom stereocenters. The van der Waals surface area contributed by atoms with E-state index in [0.29, 0.717) is 17.6 Å². The van der Waals surface area contributed by atoms with Crippen molar-refractivity contribution in [1.29, 1.82) is 0 Å². The standard InChI is InChI=1S/C17H26ClN5O/c1-21(14-5-3-2-4-6-14)16(24)12-22-7-9-23(10-8-22)17-15(18)11-19-13-20-17/h11,13-14H,2-10,12H2,1H3. The molecule has 1 amide bonds. The van der Waals surface area contributed by atoms with Crippen molar-refractivity contribution in [2.75, 3.05) is 44.7 Å². The van der Waals surface area contributed by atoms with Gasteiger partial charge in [-0.2, -0.15) is 0 Å². The van der Waals surface area contributed by atoms with Crippen LogP contribution in [0.3, 0.4) is 0 Å². The number of hydrogen-bond acceptors (Lipinski definition) is 5. The van der Waals surface area contributed by atoms with Gasteiger partial charge in [-0.15, -0.1) is 0 Å². The highest BCUT2D eigenvalue weighted by Gasteiger charge is 2.26. The maximum absolute atomic E-state index is 12.5. The van der Waals surface area contributed by atoms with Crippen LogP contribution in [-0.4, -0.2) is 71.5 Å². The van der Waals surface area contributed by atoms with Gasteiger partial charge in [-0.25, -0.2) is 9.97 Å². The van der Waals surface area contributed by atoms with Crippen molar-refractivity contribution in [2.45, 2.75) is 38.1 Å². The van der Waals surface area contributed by atoms with Crippen LogP contribution in [0, 0.1) is 0 Å². The molecule has 132 valence electrons. The number of piperazine rings is 1. The second kappa shape index (κ2) is 8.12. The van der Waals surface area contributed by atoms with Crippen LogP contribution in [0.2, 0.25) is 5.02 Å². The van der Waals surface area contributed by atoms with Crippen LogP contribution < -0.4 is 4.90 Å². The van der Waals surface area contributed by atoms with Gasteiger partial charge in [0.25, 0.3) is 0 Å². The molecule has 2 heterocycles. The Bertz CT molecular complexity index is 556. The molecular formula is C17H26ClN5O. The van der Waals surface area contributed by atoms with Gasteiger partial charge in [0.2, 0.25) is 5.91 Å². The summed E-state index contributed by atoms with van der Waals surface area (Å²) in [5, 5.41) is 0.582. The fourth-order valence-electron chi connectivity index (χ4n) is 3.63. The second-order valence-electron chi connectivity index (χ2n) is 6.75. The van der Waals surface area contributed by atoms with E-state index in [1.807, 2.05) is 11.9 Å². The summed E-state index contributed by atoms with van der Waals surface area (Å²) >= 11 is 6.16. The molecule has 6 nitrogen and oxygen atoms in total. The summed E-state index contributed by atoms with van der Waals surface area (Å²) in [6, 6.07) is 0.437. The number of halogens is 1. The molecule has 0 spiro atoms. The van der Waals surface area contributed by atoms with E-state index in [4.69, 9.17) is 11.6 Å². The molecule has 1 aromatic rings. The SMILES string of the molecule is CN(C(=O)CN1CCN(c2ncncc2Cl)CC1)C1CCCCC1. The number of anilines is 1. The van der Waals surface area contributed by atoms with Crippen molar-refractivity contribution in [3.63, 3.8) is 0 Å². The zero-order chi connectivity index (χ0) is 16.9. The number of carbonyl (C=O) groups excluding carboxylic acids is 1. The van der Waals surface area contributed by atoms with E-state index in [2.05, 4.69) is 19.8 Å². The minimum Gasteiger partial charge on any atom is -0.353 e. The number of nitrogens with zero attached hydrogens (tertiary/aromatic N) is 5. The monoisotopic (exact) mass is 351 g/mol. The fourth-order valence-corrected chi connectivity index (χ4v) is 3.86. The quantitative estimate of drug-likeness (QED) is 0.831. The maximum Gasteiger partial charge on any atom is 0.236 e. The molecular weight excluding hydrogens is 326 g/mol. The van der Waals surface area contributed by atoms with Crippen LogP contribution in [0.4, 0.5) is 5.82 Å². The smallest absolute Gasteiger partial charge is 0.236 e. The molecule has 1 saturated heterocycles. The highest BCUT2D eigenvalue weighted by atomic mass is 35.5. The third kappa shape index (κ3) is 4.16. The lowest BCUT2D eigenvalue weighted by Crippen LogP contribution is -2.51. The summed E-state index contributed by atoms with van der Waals surface area (Å²) in [5.74, 6) is 1.03. The van der Waals surface area contributed by atoms with Gasteiger partial charge in [0.05, 0.1) is 12.7 Å². The van der Waals surface area contributed by atoms with Gasteiger partial charge in [-0.3, -0.25) is 9.69 Å². The van der Waals surface area contributed by atoms with Gasteiger partial charge < -0.3 is 9.80 Å². The van der Waals surface area contributed by atoms with Crippen LogP contribution >= 0.6 is 11.6 Å². The first-order chi connectivity index (χ1) is 11.6. The summed E-state index contributed by atoms with van der Waals surface area (Å²) in [4.78, 5) is 27.1. The van der Waals surface area contributed by atoms with Crippen molar-refractivity contribution >= 4 is 23.3 Å². The molecule has 0 radical (unpaired) electrons. The molecule has 2 fully saturated rings. The molecule has 2 aliphatic rings. The Kier molecular flexibility index (Phi) is 5.89. The van der Waals surface area contributed by atoms with E-state index >= 15 is 0 Å². The van der Waals surface area contributed by atoms with Crippen molar-refractivity contribution in [3.8, 4) is 0 Å². The molecule has 0 unspecified atom stereocenters. The van der Waals surface area contributed by atoms with Crippen molar-refractivity contribution in [1.82, 2.24) is 19.8 Å². The summed E-state index contributed by atoms with van der Waals surface area (Å²) in [7, 11) is 1.97. The normalized spacial score (nSPS) is 20.2. The lowest BCUT2D eigenvalue weighted by molar-refractivity contribution is -0.133. The number of hydrogen-bond donors (Lipinski definition) is 0. The Labute approximate surface area is 148 Å². The van der Waals surface area contributed by atoms with Gasteiger partial charge in [-0.05, 0) is 12.8 Å². The van der Waals surface area contributed by atoms with Crippen LogP contribution in [0.25, 0.3) is 0 Å². The van der Waals surface area contributed by atoms with Gasteiger partial charge >= 0.3 is 0 Å². The average Bonchev–Trinajstić information content (AvgIpc) is 2.63. The lowest BCUT2D eigenvalue weighted by Gasteiger charge is -2.37. The van der Waals surface area contributed by atoms with E-state index in [1.54, 1.807) is 6.20 Å². The molecule has 0 aromatic carbocycles. The molecule has 1 aromatic heterocycles. The zero-order valence-electron chi connectivity index (χ0n) is 14.3. The maximum atomic E-state index is 12.5. The third-order valence-electron chi connectivity index (χ3n) is 5.19. The summed E-state index contributed by atoms with van der Waals surface area (Å²) in [5.41, 5.74) is 0. The van der Waals surface area contributed by atoms with Crippen LogP contribution in [0.5, 0.6) is 0 Å². The van der Waals surface area contributed by atoms with Gasteiger partial charge in [0, 0.05) is 39.3 Å². The van der Waals surface area contributed by atoms with Crippen LogP contribution in [0.1, 0.15) is 32.1 Å². The van der Waals surface area contributed by atoms with Crippen molar-refractivity contribution < 1.29 is 4.79 Å². The molecule has 0 bridgehead atoms. The van der Waals surface area contributed by atoms with Crippen LogP contribution in [-0.2, 0) is 4.79 Å². The second-order valence-corrected chi connectivity index (χ2v) is 7.16. The van der Waals surface area contributed by atoms with Gasteiger partial charge in [0.1, 0.15) is 11.3 Å². The fraction of sp³-hybridized carbons (Fsp3) is 0.706. The highest BCUT2D eigenvalue weighted by Crippen LogP contribution is 2.23. The first kappa shape index (κ1) is 17.4. The Morgan fingerprint density at radius 1 is 1.25 bits per heavy atom. The van der Waals surface area contributed by atoms with E-state index in [9.17, 15) is 4.79 Å². The summed E-state index contributed by atoms with van der Waals surface area (Å²) in [6.07, 6.45) is 9.27. The first-order valence-electron chi connectivity index (χ1n) is 8.83. The highest BCUT2D eigenvalue weighted by molar-refractivity contribution is 6.32. The number of amides is 1. The number of aromatic nitrogens is 2. The van der Waals surface area contributed by atoms with Crippen molar-refractivity contribution in [2.24, 2.45) is 0 Å². The predicted octanol–water partition coefficient (Wildman–Crippen LogP) is 2.04. The molecule has 24 heavy (non-hydrogen) atoms. The molecule has 1 saturated carbocycles. The van der Waals surface area contributed by atoms with Gasteiger partial charge in [-0.1, -0.05) is 30.9 Å². The third-order valence-corrected chi connectivity index (χ3v) is 5.46. The molecule has 1 aliphatic carbocycles. The van der Waals surface area contributed by atoms with Crippen molar-refractivity contribution in [3.05, 3.63) is 17.5 Å². The topological polar surface area (TPSA) is 52.6 Å². The molecule has 7 heteroatoms. The Morgan fingerprint density at radius 2 is 1.96 bits per heavy atom. The minimum absolute atomic E-state index is 0.246. The van der Waals surface area contributed by atoms with E-state index in [0.717, 1.165) is 44.8 Å². The predicted molar refractivity (Wildman–Crippen MR) is 95.3 cm³/mol. The first-order valence-corrected chi connectivity index (χ1v) is 9.21. The molecule has 0 N–H and O–H groups in total. The largest absolute Gasteiger partial charge is 0.353 e. The number of carbonyl (C=O) groups is 1.